The molecule has 4 aromatic heterocycles. The summed E-state index contributed by atoms with van der Waals surface area (Å²) in [4.78, 5) is 21.4. The fourth-order valence-corrected chi connectivity index (χ4v) is 4.67. The van der Waals surface area contributed by atoms with Crippen LogP contribution < -0.4 is 0 Å². The van der Waals surface area contributed by atoms with Gasteiger partial charge in [-0.2, -0.15) is 16.4 Å². The van der Waals surface area contributed by atoms with Crippen molar-refractivity contribution in [3.63, 3.8) is 0 Å². The molecule has 0 atom stereocenters. The van der Waals surface area contributed by atoms with Gasteiger partial charge in [0, 0.05) is 40.2 Å². The molecule has 0 saturated carbocycles. The van der Waals surface area contributed by atoms with Crippen LogP contribution in [0.1, 0.15) is 34.8 Å². The van der Waals surface area contributed by atoms with Crippen molar-refractivity contribution < 1.29 is 9.53 Å². The number of carbonyl (C=O) groups is 1. The third-order valence-electron chi connectivity index (χ3n) is 4.57. The van der Waals surface area contributed by atoms with Crippen LogP contribution in [0, 0.1) is 20.8 Å². The lowest BCUT2D eigenvalue weighted by atomic mass is 10.1. The van der Waals surface area contributed by atoms with E-state index in [1.54, 1.807) is 22.7 Å². The highest BCUT2D eigenvalue weighted by molar-refractivity contribution is 7.14. The van der Waals surface area contributed by atoms with Crippen molar-refractivity contribution in [1.29, 1.82) is 0 Å². The summed E-state index contributed by atoms with van der Waals surface area (Å²) in [6, 6.07) is 3.99. The first-order valence-electron chi connectivity index (χ1n) is 8.96. The maximum atomic E-state index is 12.2. The van der Waals surface area contributed by atoms with Gasteiger partial charge in [0.1, 0.15) is 11.6 Å². The van der Waals surface area contributed by atoms with Crippen molar-refractivity contribution in [3.05, 3.63) is 56.6 Å². The second kappa shape index (κ2) is 7.81. The van der Waals surface area contributed by atoms with Crippen LogP contribution in [0.4, 0.5) is 0 Å². The average Bonchev–Trinajstić information content (AvgIpc) is 3.39. The van der Waals surface area contributed by atoms with Crippen molar-refractivity contribution in [2.24, 2.45) is 0 Å². The predicted molar refractivity (Wildman–Crippen MR) is 111 cm³/mol. The molecule has 0 aromatic carbocycles. The second-order valence-corrected chi connectivity index (χ2v) is 8.27. The highest BCUT2D eigenvalue weighted by Crippen LogP contribution is 2.26. The number of carbonyl (C=O) groups excluding carboxylic acids is 1. The Hall–Kier alpha value is -2.58. The van der Waals surface area contributed by atoms with Gasteiger partial charge in [0.05, 0.1) is 11.4 Å². The van der Waals surface area contributed by atoms with Gasteiger partial charge in [0.2, 0.25) is 0 Å². The van der Waals surface area contributed by atoms with E-state index in [-0.39, 0.29) is 12.6 Å². The summed E-state index contributed by atoms with van der Waals surface area (Å²) in [5.41, 5.74) is 6.64. The van der Waals surface area contributed by atoms with Crippen molar-refractivity contribution in [3.8, 4) is 10.6 Å². The molecular weight excluding hydrogens is 392 g/mol. The molecule has 6 nitrogen and oxygen atoms in total. The monoisotopic (exact) mass is 412 g/mol. The zero-order valence-electron chi connectivity index (χ0n) is 15.9. The molecule has 28 heavy (non-hydrogen) atoms. The standard InChI is InChI=1S/C20H20N4O2S2/c1-12-8-18-21-13(2)17(14(3)24(18)23-12)4-5-19(25)26-9-16-11-28-20(22-16)15-6-7-27-10-15/h6-8,10-11H,4-5,9H2,1-3H3. The Morgan fingerprint density at radius 2 is 2.07 bits per heavy atom. The van der Waals surface area contributed by atoms with Gasteiger partial charge in [-0.15, -0.1) is 11.3 Å². The number of thiophene rings is 1. The highest BCUT2D eigenvalue weighted by atomic mass is 32.1. The Kier molecular flexibility index (Phi) is 5.23. The molecule has 0 spiro atoms. The predicted octanol–water partition coefficient (Wildman–Crippen LogP) is 4.52. The molecule has 0 saturated heterocycles. The minimum absolute atomic E-state index is 0.201. The van der Waals surface area contributed by atoms with E-state index in [1.807, 2.05) is 48.2 Å². The molecule has 4 rings (SSSR count). The first-order chi connectivity index (χ1) is 13.5. The van der Waals surface area contributed by atoms with Crippen LogP contribution in [0.5, 0.6) is 0 Å². The molecule has 0 amide bonds. The molecular formula is C20H20N4O2S2. The van der Waals surface area contributed by atoms with Gasteiger partial charge in [-0.25, -0.2) is 14.5 Å². The lowest BCUT2D eigenvalue weighted by molar-refractivity contribution is -0.145. The maximum Gasteiger partial charge on any atom is 0.306 e. The average molecular weight is 413 g/mol. The number of nitrogens with zero attached hydrogens (tertiary/aromatic N) is 4. The molecule has 144 valence electrons. The summed E-state index contributed by atoms with van der Waals surface area (Å²) in [5, 5.41) is 11.4. The quantitative estimate of drug-likeness (QED) is 0.436. The van der Waals surface area contributed by atoms with Gasteiger partial charge in [0.15, 0.2) is 5.65 Å². The SMILES string of the molecule is Cc1cc2nc(C)c(CCC(=O)OCc3csc(-c4ccsc4)n3)c(C)n2n1. The summed E-state index contributed by atoms with van der Waals surface area (Å²) < 4.78 is 7.25. The number of hydrogen-bond acceptors (Lipinski definition) is 7. The van der Waals surface area contributed by atoms with Gasteiger partial charge in [-0.3, -0.25) is 4.79 Å². The van der Waals surface area contributed by atoms with Crippen LogP contribution in [-0.2, 0) is 22.6 Å². The van der Waals surface area contributed by atoms with Crippen LogP contribution in [0.25, 0.3) is 16.2 Å². The number of rotatable bonds is 6. The van der Waals surface area contributed by atoms with Crippen molar-refractivity contribution in [2.75, 3.05) is 0 Å². The number of thiazole rings is 1. The molecule has 0 aliphatic rings. The van der Waals surface area contributed by atoms with Gasteiger partial charge >= 0.3 is 5.97 Å². The van der Waals surface area contributed by atoms with Crippen LogP contribution in [0.15, 0.2) is 28.3 Å². The number of ether oxygens (including phenoxy) is 1. The summed E-state index contributed by atoms with van der Waals surface area (Å²) in [6.07, 6.45) is 0.881. The first kappa shape index (κ1) is 18.8. The summed E-state index contributed by atoms with van der Waals surface area (Å²) >= 11 is 3.20. The van der Waals surface area contributed by atoms with E-state index in [0.717, 1.165) is 44.6 Å². The molecule has 0 N–H and O–H groups in total. The molecule has 0 aliphatic carbocycles. The van der Waals surface area contributed by atoms with E-state index in [2.05, 4.69) is 20.4 Å². The van der Waals surface area contributed by atoms with Crippen molar-refractivity contribution >= 4 is 34.3 Å². The van der Waals surface area contributed by atoms with E-state index in [9.17, 15) is 4.79 Å². The largest absolute Gasteiger partial charge is 0.459 e. The second-order valence-electron chi connectivity index (χ2n) is 6.63. The Morgan fingerprint density at radius 1 is 1.21 bits per heavy atom. The van der Waals surface area contributed by atoms with E-state index < -0.39 is 0 Å². The molecule has 8 heteroatoms. The smallest absolute Gasteiger partial charge is 0.306 e. The summed E-state index contributed by atoms with van der Waals surface area (Å²) in [5.74, 6) is -0.236. The summed E-state index contributed by atoms with van der Waals surface area (Å²) in [6.45, 7) is 6.13. The first-order valence-corrected chi connectivity index (χ1v) is 10.8. The zero-order valence-corrected chi connectivity index (χ0v) is 17.6. The third-order valence-corrected chi connectivity index (χ3v) is 6.19. The minimum Gasteiger partial charge on any atom is -0.459 e. The summed E-state index contributed by atoms with van der Waals surface area (Å²) in [7, 11) is 0. The fraction of sp³-hybridized carbons (Fsp3) is 0.300. The molecule has 4 aromatic rings. The van der Waals surface area contributed by atoms with Crippen LogP contribution in [0.3, 0.4) is 0 Å². The van der Waals surface area contributed by atoms with E-state index in [1.165, 1.54) is 0 Å². The Morgan fingerprint density at radius 3 is 2.86 bits per heavy atom. The van der Waals surface area contributed by atoms with E-state index in [0.29, 0.717) is 12.8 Å². The lowest BCUT2D eigenvalue weighted by Gasteiger charge is -2.10. The number of aryl methyl sites for hydroxylation is 3. The van der Waals surface area contributed by atoms with Crippen LogP contribution >= 0.6 is 22.7 Å². The minimum atomic E-state index is -0.236. The van der Waals surface area contributed by atoms with Crippen LogP contribution in [0.2, 0.25) is 0 Å². The lowest BCUT2D eigenvalue weighted by Crippen LogP contribution is -2.10. The fourth-order valence-electron chi connectivity index (χ4n) is 3.15. The molecule has 0 fully saturated rings. The van der Waals surface area contributed by atoms with Gasteiger partial charge in [-0.05, 0) is 44.2 Å². The van der Waals surface area contributed by atoms with Crippen LogP contribution in [-0.4, -0.2) is 25.6 Å². The Labute approximate surface area is 170 Å². The highest BCUT2D eigenvalue weighted by Gasteiger charge is 2.14. The molecule has 0 aliphatic heterocycles. The normalized spacial score (nSPS) is 11.2. The molecule has 0 bridgehead atoms. The molecule has 0 radical (unpaired) electrons. The van der Waals surface area contributed by atoms with E-state index in [4.69, 9.17) is 4.74 Å². The number of esters is 1. The number of hydrogen-bond donors (Lipinski definition) is 0. The molecule has 0 unspecified atom stereocenters. The number of fused-ring (bicyclic) bond motifs is 1. The van der Waals surface area contributed by atoms with E-state index >= 15 is 0 Å². The maximum absolute atomic E-state index is 12.2. The van der Waals surface area contributed by atoms with Gasteiger partial charge in [0.25, 0.3) is 0 Å². The molecule has 4 heterocycles. The zero-order chi connectivity index (χ0) is 19.7. The van der Waals surface area contributed by atoms with Gasteiger partial charge in [-0.1, -0.05) is 0 Å². The number of aromatic nitrogens is 4. The Balaban J connectivity index is 1.37. The van der Waals surface area contributed by atoms with Crippen molar-refractivity contribution in [1.82, 2.24) is 19.6 Å². The van der Waals surface area contributed by atoms with Gasteiger partial charge < -0.3 is 4.74 Å². The third kappa shape index (κ3) is 3.83. The van der Waals surface area contributed by atoms with Crippen molar-refractivity contribution in [2.45, 2.75) is 40.2 Å². The topological polar surface area (TPSA) is 69.4 Å². The Bertz CT molecular complexity index is 1130.